The topological polar surface area (TPSA) is 44.1 Å². The van der Waals surface area contributed by atoms with E-state index in [-0.39, 0.29) is 5.78 Å². The number of imidazole rings is 1. The summed E-state index contributed by atoms with van der Waals surface area (Å²) in [4.78, 5) is 16.8. The average Bonchev–Trinajstić information content (AvgIpc) is 2.88. The van der Waals surface area contributed by atoms with E-state index in [0.29, 0.717) is 16.3 Å². The van der Waals surface area contributed by atoms with E-state index < -0.39 is 0 Å². The van der Waals surface area contributed by atoms with Crippen LogP contribution in [0.5, 0.6) is 5.75 Å². The van der Waals surface area contributed by atoms with Gasteiger partial charge in [-0.3, -0.25) is 4.79 Å². The SMILES string of the molecule is COc1ccc(C(=O)CSc2nc3cc(Cl)ccc3n2C)cc1. The van der Waals surface area contributed by atoms with E-state index in [1.54, 1.807) is 31.4 Å². The molecule has 0 radical (unpaired) electrons. The first-order chi connectivity index (χ1) is 11.1. The number of ether oxygens (including phenoxy) is 1. The molecule has 0 saturated carbocycles. The van der Waals surface area contributed by atoms with Crippen LogP contribution in [-0.4, -0.2) is 28.2 Å². The zero-order chi connectivity index (χ0) is 16.4. The van der Waals surface area contributed by atoms with Crippen molar-refractivity contribution in [3.8, 4) is 5.75 Å². The maximum atomic E-state index is 12.3. The number of ketones is 1. The van der Waals surface area contributed by atoms with Crippen LogP contribution in [0, 0.1) is 0 Å². The Bertz CT molecular complexity index is 859. The van der Waals surface area contributed by atoms with Gasteiger partial charge in [0.15, 0.2) is 10.9 Å². The molecule has 1 aromatic heterocycles. The van der Waals surface area contributed by atoms with Crippen molar-refractivity contribution >= 4 is 40.2 Å². The predicted molar refractivity (Wildman–Crippen MR) is 93.8 cm³/mol. The first-order valence-corrected chi connectivity index (χ1v) is 8.37. The molecule has 3 aromatic rings. The Morgan fingerprint density at radius 1 is 1.26 bits per heavy atom. The maximum Gasteiger partial charge on any atom is 0.173 e. The number of benzene rings is 2. The number of hydrogen-bond acceptors (Lipinski definition) is 4. The van der Waals surface area contributed by atoms with Crippen molar-refractivity contribution in [2.45, 2.75) is 5.16 Å². The average molecular weight is 347 g/mol. The molecule has 0 unspecified atom stereocenters. The van der Waals surface area contributed by atoms with Crippen LogP contribution in [0.1, 0.15) is 10.4 Å². The normalized spacial score (nSPS) is 10.9. The number of halogens is 1. The largest absolute Gasteiger partial charge is 0.497 e. The highest BCUT2D eigenvalue weighted by Gasteiger charge is 2.12. The van der Waals surface area contributed by atoms with Gasteiger partial charge in [-0.05, 0) is 42.5 Å². The smallest absolute Gasteiger partial charge is 0.173 e. The third-order valence-corrected chi connectivity index (χ3v) is 4.81. The lowest BCUT2D eigenvalue weighted by Gasteiger charge is -2.04. The third kappa shape index (κ3) is 3.35. The summed E-state index contributed by atoms with van der Waals surface area (Å²) in [6.45, 7) is 0. The zero-order valence-corrected chi connectivity index (χ0v) is 14.3. The van der Waals surface area contributed by atoms with Crippen molar-refractivity contribution in [3.63, 3.8) is 0 Å². The Morgan fingerprint density at radius 2 is 2.00 bits per heavy atom. The van der Waals surface area contributed by atoms with Gasteiger partial charge in [0.05, 0.1) is 23.9 Å². The number of aryl methyl sites for hydroxylation is 1. The number of fused-ring (bicyclic) bond motifs is 1. The van der Waals surface area contributed by atoms with Crippen LogP contribution in [0.25, 0.3) is 11.0 Å². The second-order valence-corrected chi connectivity index (χ2v) is 6.41. The summed E-state index contributed by atoms with van der Waals surface area (Å²) < 4.78 is 7.07. The molecule has 0 fully saturated rings. The van der Waals surface area contributed by atoms with Gasteiger partial charge < -0.3 is 9.30 Å². The minimum absolute atomic E-state index is 0.0581. The lowest BCUT2D eigenvalue weighted by Crippen LogP contribution is -2.03. The monoisotopic (exact) mass is 346 g/mol. The number of thioether (sulfide) groups is 1. The molecule has 2 aromatic carbocycles. The second kappa shape index (κ2) is 6.64. The molecule has 0 bridgehead atoms. The summed E-state index contributed by atoms with van der Waals surface area (Å²) in [6, 6.07) is 12.7. The molecule has 0 amide bonds. The van der Waals surface area contributed by atoms with E-state index in [0.717, 1.165) is 21.9 Å². The van der Waals surface area contributed by atoms with E-state index in [1.807, 2.05) is 29.8 Å². The van der Waals surface area contributed by atoms with E-state index in [9.17, 15) is 4.79 Å². The molecule has 4 nitrogen and oxygen atoms in total. The number of rotatable bonds is 5. The molecular weight excluding hydrogens is 332 g/mol. The van der Waals surface area contributed by atoms with Crippen molar-refractivity contribution in [1.82, 2.24) is 9.55 Å². The highest BCUT2D eigenvalue weighted by atomic mass is 35.5. The van der Waals surface area contributed by atoms with Gasteiger partial charge in [0.25, 0.3) is 0 Å². The summed E-state index contributed by atoms with van der Waals surface area (Å²) in [7, 11) is 3.54. The molecule has 0 aliphatic carbocycles. The predicted octanol–water partition coefficient (Wildman–Crippen LogP) is 4.21. The van der Waals surface area contributed by atoms with Gasteiger partial charge >= 0.3 is 0 Å². The Balaban J connectivity index is 1.74. The van der Waals surface area contributed by atoms with Crippen molar-refractivity contribution in [1.29, 1.82) is 0 Å². The molecule has 0 N–H and O–H groups in total. The number of methoxy groups -OCH3 is 1. The lowest BCUT2D eigenvalue weighted by atomic mass is 10.1. The van der Waals surface area contributed by atoms with Crippen molar-refractivity contribution in [2.75, 3.05) is 12.9 Å². The Morgan fingerprint density at radius 3 is 2.70 bits per heavy atom. The molecule has 118 valence electrons. The summed E-state index contributed by atoms with van der Waals surface area (Å²) in [6.07, 6.45) is 0. The summed E-state index contributed by atoms with van der Waals surface area (Å²) >= 11 is 7.41. The van der Waals surface area contributed by atoms with Crippen molar-refractivity contribution < 1.29 is 9.53 Å². The third-order valence-electron chi connectivity index (χ3n) is 3.55. The van der Waals surface area contributed by atoms with Crippen LogP contribution in [0.4, 0.5) is 0 Å². The summed E-state index contributed by atoms with van der Waals surface area (Å²) in [5.41, 5.74) is 2.49. The van der Waals surface area contributed by atoms with Gasteiger partial charge in [0, 0.05) is 17.6 Å². The van der Waals surface area contributed by atoms with Crippen LogP contribution in [0.3, 0.4) is 0 Å². The Hall–Kier alpha value is -1.98. The van der Waals surface area contributed by atoms with Crippen LogP contribution in [0.2, 0.25) is 5.02 Å². The molecule has 3 rings (SSSR count). The van der Waals surface area contributed by atoms with Crippen LogP contribution in [0.15, 0.2) is 47.6 Å². The fraction of sp³-hybridized carbons (Fsp3) is 0.176. The van der Waals surface area contributed by atoms with Crippen molar-refractivity contribution in [3.05, 3.63) is 53.1 Å². The summed E-state index contributed by atoms with van der Waals surface area (Å²) in [5, 5.41) is 1.45. The minimum Gasteiger partial charge on any atom is -0.497 e. The van der Waals surface area contributed by atoms with E-state index in [4.69, 9.17) is 16.3 Å². The number of nitrogens with zero attached hydrogens (tertiary/aromatic N) is 2. The van der Waals surface area contributed by atoms with Gasteiger partial charge in [0.1, 0.15) is 5.75 Å². The van der Waals surface area contributed by atoms with E-state index in [2.05, 4.69) is 4.98 Å². The number of carbonyl (C=O) groups excluding carboxylic acids is 1. The molecule has 6 heteroatoms. The minimum atomic E-state index is 0.0581. The van der Waals surface area contributed by atoms with Crippen molar-refractivity contribution in [2.24, 2.45) is 7.05 Å². The summed E-state index contributed by atoms with van der Waals surface area (Å²) in [5.74, 6) is 1.13. The fourth-order valence-electron chi connectivity index (χ4n) is 2.27. The highest BCUT2D eigenvalue weighted by molar-refractivity contribution is 7.99. The zero-order valence-electron chi connectivity index (χ0n) is 12.7. The van der Waals surface area contributed by atoms with Crippen LogP contribution < -0.4 is 4.74 Å². The van der Waals surface area contributed by atoms with Gasteiger partial charge in [0.2, 0.25) is 0 Å². The van der Waals surface area contributed by atoms with E-state index >= 15 is 0 Å². The van der Waals surface area contributed by atoms with E-state index in [1.165, 1.54) is 11.8 Å². The second-order valence-electron chi connectivity index (χ2n) is 5.03. The number of hydrogen-bond donors (Lipinski definition) is 0. The highest BCUT2D eigenvalue weighted by Crippen LogP contribution is 2.25. The molecular formula is C17H15ClN2O2S. The molecule has 0 aliphatic heterocycles. The molecule has 1 heterocycles. The van der Waals surface area contributed by atoms with Gasteiger partial charge in [-0.2, -0.15) is 0 Å². The molecule has 0 spiro atoms. The van der Waals surface area contributed by atoms with Gasteiger partial charge in [-0.25, -0.2) is 4.98 Å². The van der Waals surface area contributed by atoms with Gasteiger partial charge in [-0.1, -0.05) is 23.4 Å². The molecule has 23 heavy (non-hydrogen) atoms. The number of Topliss-reactive ketones (excluding diaryl/α,β-unsaturated/α-hetero) is 1. The first-order valence-electron chi connectivity index (χ1n) is 7.00. The fourth-order valence-corrected chi connectivity index (χ4v) is 3.32. The number of carbonyl (C=O) groups is 1. The lowest BCUT2D eigenvalue weighted by molar-refractivity contribution is 0.102. The first kappa shape index (κ1) is 15.9. The maximum absolute atomic E-state index is 12.3. The Labute approximate surface area is 143 Å². The van der Waals surface area contributed by atoms with Gasteiger partial charge in [-0.15, -0.1) is 0 Å². The Kier molecular flexibility index (Phi) is 4.59. The molecule has 0 atom stereocenters. The van der Waals surface area contributed by atoms with Crippen LogP contribution >= 0.6 is 23.4 Å². The quantitative estimate of drug-likeness (QED) is 0.512. The number of aromatic nitrogens is 2. The molecule has 0 saturated heterocycles. The molecule has 0 aliphatic rings. The standard InChI is InChI=1S/C17H15ClN2O2S/c1-20-15-8-5-12(18)9-14(15)19-17(20)23-10-16(21)11-3-6-13(22-2)7-4-11/h3-9H,10H2,1-2H3. The van der Waals surface area contributed by atoms with Crippen LogP contribution in [-0.2, 0) is 7.05 Å².